The summed E-state index contributed by atoms with van der Waals surface area (Å²) in [5, 5.41) is 12.4. The van der Waals surface area contributed by atoms with Gasteiger partial charge in [0.25, 0.3) is 0 Å². The molecular formula is C14H26N2O3. The molecule has 0 bridgehead atoms. The average Bonchev–Trinajstić information content (AvgIpc) is 2.86. The smallest absolute Gasteiger partial charge is 0.317 e. The number of likely N-dealkylation sites (tertiary alicyclic amines) is 1. The standard InChI is InChI=1S/C14H26N2O3/c1-13(2)11(8-14(13,3)19-4)15-12(18)16-7-5-6-10(16)9-17/h10-11,17H,5-9H2,1-4H3,(H,15,18)/t10-,11?,14?/m0/s1. The zero-order valence-corrected chi connectivity index (χ0v) is 12.4. The summed E-state index contributed by atoms with van der Waals surface area (Å²) in [6.45, 7) is 7.13. The van der Waals surface area contributed by atoms with Crippen molar-refractivity contribution in [2.45, 2.75) is 57.7 Å². The molecule has 1 aliphatic carbocycles. The summed E-state index contributed by atoms with van der Waals surface area (Å²) >= 11 is 0. The second-order valence-electron chi connectivity index (χ2n) is 6.53. The Morgan fingerprint density at radius 3 is 2.68 bits per heavy atom. The van der Waals surface area contributed by atoms with Crippen molar-refractivity contribution in [3.63, 3.8) is 0 Å². The molecule has 2 rings (SSSR count). The van der Waals surface area contributed by atoms with Crippen LogP contribution >= 0.6 is 0 Å². The number of aliphatic hydroxyl groups is 1. The van der Waals surface area contributed by atoms with Gasteiger partial charge >= 0.3 is 6.03 Å². The summed E-state index contributed by atoms with van der Waals surface area (Å²) in [5.74, 6) is 0. The lowest BCUT2D eigenvalue weighted by atomic mass is 9.56. The van der Waals surface area contributed by atoms with Crippen LogP contribution in [0.4, 0.5) is 4.79 Å². The van der Waals surface area contributed by atoms with Crippen LogP contribution in [0.5, 0.6) is 0 Å². The number of hydrogen-bond donors (Lipinski definition) is 2. The van der Waals surface area contributed by atoms with Crippen LogP contribution in [0.25, 0.3) is 0 Å². The third kappa shape index (κ3) is 2.23. The van der Waals surface area contributed by atoms with E-state index in [0.717, 1.165) is 25.8 Å². The Morgan fingerprint density at radius 2 is 2.16 bits per heavy atom. The molecule has 2 fully saturated rings. The fraction of sp³-hybridized carbons (Fsp3) is 0.929. The summed E-state index contributed by atoms with van der Waals surface area (Å²) in [4.78, 5) is 14.0. The first kappa shape index (κ1) is 14.6. The zero-order valence-electron chi connectivity index (χ0n) is 12.4. The van der Waals surface area contributed by atoms with Crippen LogP contribution in [-0.2, 0) is 4.74 Å². The molecule has 5 heteroatoms. The number of rotatable bonds is 3. The Bertz CT molecular complexity index is 359. The number of methoxy groups -OCH3 is 1. The highest BCUT2D eigenvalue weighted by atomic mass is 16.5. The highest BCUT2D eigenvalue weighted by molar-refractivity contribution is 5.75. The van der Waals surface area contributed by atoms with Gasteiger partial charge in [-0.2, -0.15) is 0 Å². The molecule has 0 aromatic heterocycles. The summed E-state index contributed by atoms with van der Waals surface area (Å²) in [5.41, 5.74) is -0.252. The SMILES string of the molecule is COC1(C)CC(NC(=O)N2CCC[C@H]2CO)C1(C)C. The Morgan fingerprint density at radius 1 is 1.47 bits per heavy atom. The molecule has 0 aromatic carbocycles. The maximum atomic E-state index is 12.3. The van der Waals surface area contributed by atoms with Gasteiger partial charge in [0.2, 0.25) is 0 Å². The second kappa shape index (κ2) is 4.94. The van der Waals surface area contributed by atoms with Gasteiger partial charge in [0.15, 0.2) is 0 Å². The van der Waals surface area contributed by atoms with Gasteiger partial charge in [-0.25, -0.2) is 4.79 Å². The highest BCUT2D eigenvalue weighted by Crippen LogP contribution is 2.51. The van der Waals surface area contributed by atoms with Gasteiger partial charge < -0.3 is 20.1 Å². The van der Waals surface area contributed by atoms with Crippen molar-refractivity contribution in [2.24, 2.45) is 5.41 Å². The lowest BCUT2D eigenvalue weighted by molar-refractivity contribution is -0.177. The number of aliphatic hydroxyl groups excluding tert-OH is 1. The lowest BCUT2D eigenvalue weighted by Gasteiger charge is -2.59. The van der Waals surface area contributed by atoms with E-state index >= 15 is 0 Å². The molecule has 19 heavy (non-hydrogen) atoms. The fourth-order valence-electron chi connectivity index (χ4n) is 3.25. The molecule has 5 nitrogen and oxygen atoms in total. The van der Waals surface area contributed by atoms with E-state index in [4.69, 9.17) is 4.74 Å². The number of amides is 2. The van der Waals surface area contributed by atoms with Gasteiger partial charge in [-0.1, -0.05) is 13.8 Å². The molecule has 0 radical (unpaired) electrons. The predicted molar refractivity (Wildman–Crippen MR) is 72.9 cm³/mol. The maximum absolute atomic E-state index is 12.3. The Hall–Kier alpha value is -0.810. The molecule has 1 heterocycles. The number of carbonyl (C=O) groups excluding carboxylic acids is 1. The zero-order chi connectivity index (χ0) is 14.3. The van der Waals surface area contributed by atoms with Crippen molar-refractivity contribution in [3.8, 4) is 0 Å². The minimum Gasteiger partial charge on any atom is -0.394 e. The summed E-state index contributed by atoms with van der Waals surface area (Å²) in [6.07, 6.45) is 2.70. The lowest BCUT2D eigenvalue weighted by Crippen LogP contribution is -2.69. The maximum Gasteiger partial charge on any atom is 0.317 e. The quantitative estimate of drug-likeness (QED) is 0.814. The van der Waals surface area contributed by atoms with E-state index in [1.165, 1.54) is 0 Å². The van der Waals surface area contributed by atoms with Gasteiger partial charge in [0.1, 0.15) is 0 Å². The van der Waals surface area contributed by atoms with Crippen molar-refractivity contribution < 1.29 is 14.6 Å². The van der Waals surface area contributed by atoms with Crippen molar-refractivity contribution in [3.05, 3.63) is 0 Å². The molecule has 110 valence electrons. The summed E-state index contributed by atoms with van der Waals surface area (Å²) in [6, 6.07) is 0.0645. The number of nitrogens with one attached hydrogen (secondary N) is 1. The molecule has 1 aliphatic heterocycles. The Kier molecular flexibility index (Phi) is 3.80. The molecule has 3 atom stereocenters. The molecule has 2 aliphatic rings. The van der Waals surface area contributed by atoms with Crippen LogP contribution < -0.4 is 5.32 Å². The van der Waals surface area contributed by atoms with Gasteiger partial charge in [0.05, 0.1) is 18.2 Å². The van der Waals surface area contributed by atoms with Crippen molar-refractivity contribution in [1.29, 1.82) is 0 Å². The predicted octanol–water partition coefficient (Wildman–Crippen LogP) is 1.36. The molecule has 1 saturated heterocycles. The number of nitrogens with zero attached hydrogens (tertiary/aromatic N) is 1. The number of ether oxygens (including phenoxy) is 1. The van der Waals surface area contributed by atoms with Crippen molar-refractivity contribution >= 4 is 6.03 Å². The third-order valence-electron chi connectivity index (χ3n) is 5.42. The van der Waals surface area contributed by atoms with E-state index in [2.05, 4.69) is 26.1 Å². The van der Waals surface area contributed by atoms with E-state index < -0.39 is 0 Å². The minimum atomic E-state index is -0.174. The van der Waals surface area contributed by atoms with Gasteiger partial charge in [-0.05, 0) is 26.2 Å². The van der Waals surface area contributed by atoms with E-state index in [0.29, 0.717) is 0 Å². The van der Waals surface area contributed by atoms with Crippen LogP contribution in [0.15, 0.2) is 0 Å². The van der Waals surface area contributed by atoms with Crippen LogP contribution in [0, 0.1) is 5.41 Å². The highest BCUT2D eigenvalue weighted by Gasteiger charge is 2.58. The van der Waals surface area contributed by atoms with E-state index in [9.17, 15) is 9.90 Å². The monoisotopic (exact) mass is 270 g/mol. The van der Waals surface area contributed by atoms with Gasteiger partial charge in [0, 0.05) is 25.1 Å². The van der Waals surface area contributed by atoms with Crippen LogP contribution in [0.3, 0.4) is 0 Å². The number of urea groups is 1. The molecular weight excluding hydrogens is 244 g/mol. The first-order valence-corrected chi connectivity index (χ1v) is 7.09. The molecule has 2 unspecified atom stereocenters. The summed E-state index contributed by atoms with van der Waals surface area (Å²) < 4.78 is 5.56. The molecule has 2 N–H and O–H groups in total. The Labute approximate surface area is 115 Å². The van der Waals surface area contributed by atoms with Gasteiger partial charge in [-0.3, -0.25) is 0 Å². The molecule has 0 aromatic rings. The van der Waals surface area contributed by atoms with Crippen molar-refractivity contribution in [1.82, 2.24) is 10.2 Å². The topological polar surface area (TPSA) is 61.8 Å². The first-order chi connectivity index (χ1) is 8.85. The van der Waals surface area contributed by atoms with Crippen molar-refractivity contribution in [2.75, 3.05) is 20.3 Å². The molecule has 1 saturated carbocycles. The van der Waals surface area contributed by atoms with Crippen LogP contribution in [-0.4, -0.2) is 54.0 Å². The largest absolute Gasteiger partial charge is 0.394 e. The number of carbonyl (C=O) groups is 1. The second-order valence-corrected chi connectivity index (χ2v) is 6.53. The normalized spacial score (nSPS) is 37.0. The first-order valence-electron chi connectivity index (χ1n) is 7.09. The molecule has 0 spiro atoms. The summed E-state index contributed by atoms with van der Waals surface area (Å²) in [7, 11) is 1.72. The van der Waals surface area contributed by atoms with Gasteiger partial charge in [-0.15, -0.1) is 0 Å². The van der Waals surface area contributed by atoms with E-state index in [-0.39, 0.29) is 35.7 Å². The van der Waals surface area contributed by atoms with E-state index in [1.54, 1.807) is 12.0 Å². The Balaban J connectivity index is 1.94. The third-order valence-corrected chi connectivity index (χ3v) is 5.42. The fourth-order valence-corrected chi connectivity index (χ4v) is 3.25. The number of hydrogen-bond acceptors (Lipinski definition) is 3. The van der Waals surface area contributed by atoms with Crippen LogP contribution in [0.2, 0.25) is 0 Å². The van der Waals surface area contributed by atoms with Crippen LogP contribution in [0.1, 0.15) is 40.0 Å². The minimum absolute atomic E-state index is 0.0167. The van der Waals surface area contributed by atoms with E-state index in [1.807, 2.05) is 0 Å². The molecule has 2 amide bonds. The average molecular weight is 270 g/mol.